The van der Waals surface area contributed by atoms with Gasteiger partial charge in [0, 0.05) is 18.6 Å². The summed E-state index contributed by atoms with van der Waals surface area (Å²) in [5, 5.41) is 18.0. The van der Waals surface area contributed by atoms with Gasteiger partial charge in [-0.2, -0.15) is 0 Å². The van der Waals surface area contributed by atoms with E-state index >= 15 is 0 Å². The molecule has 1 unspecified atom stereocenters. The molecule has 3 heterocycles. The maximum Gasteiger partial charge on any atom is 0.352 e. The molecule has 0 spiro atoms. The second-order valence-electron chi connectivity index (χ2n) is 7.53. The first-order valence-electron chi connectivity index (χ1n) is 10.00. The first kappa shape index (κ1) is 23.8. The van der Waals surface area contributed by atoms with Crippen LogP contribution in [-0.4, -0.2) is 65.5 Å². The summed E-state index contributed by atoms with van der Waals surface area (Å²) in [6, 6.07) is 6.85. The lowest BCUT2D eigenvalue weighted by Gasteiger charge is -2.49. The molecular weight excluding hydrogens is 484 g/mol. The van der Waals surface area contributed by atoms with E-state index in [0.717, 1.165) is 21.2 Å². The predicted octanol–water partition coefficient (Wildman–Crippen LogP) is -1.00. The van der Waals surface area contributed by atoms with Crippen LogP contribution in [0.1, 0.15) is 11.6 Å². The Labute approximate surface area is 200 Å². The summed E-state index contributed by atoms with van der Waals surface area (Å²) < 4.78 is 1.07. The molecule has 4 rings (SSSR count). The Bertz CT molecular complexity index is 1310. The summed E-state index contributed by atoms with van der Waals surface area (Å²) in [4.78, 5) is 61.7. The number of benzene rings is 1. The highest BCUT2D eigenvalue weighted by atomic mass is 32.2. The summed E-state index contributed by atoms with van der Waals surface area (Å²) in [6.45, 7) is 0. The number of carbonyl (C=O) groups is 3. The zero-order valence-electron chi connectivity index (χ0n) is 17.8. The Morgan fingerprint density at radius 2 is 2.03 bits per heavy atom. The molecule has 1 aromatic carbocycles. The first-order valence-corrected chi connectivity index (χ1v) is 12.0. The van der Waals surface area contributed by atoms with Crippen LogP contribution in [0.5, 0.6) is 0 Å². The van der Waals surface area contributed by atoms with Gasteiger partial charge >= 0.3 is 17.1 Å². The standard InChI is InChI=1S/C20H20N6O6S2/c1-25-17(30)15(28)23-24-20(25)34-8-10-7-33-18-12(16(29)26(18)13(10)19(31)32)22-14(27)11(21)9-5-3-2-4-6-9/h2-6,11-12,18H,7-8,21H2,1H3,(H,22,27)(H,23,28)(H,31,32)/t11?,12-,18-/m0/s1. The SMILES string of the molecule is Cn1c(SCC2=C(C(=O)O)N3C(=O)[C@H](NC(=O)C(N)c4ccccc4)[C@@H]3SC2)n[nH]c(=O)c1=O. The van der Waals surface area contributed by atoms with Crippen LogP contribution < -0.4 is 22.2 Å². The minimum atomic E-state index is -1.27. The third-order valence-electron chi connectivity index (χ3n) is 5.40. The third-order valence-corrected chi connectivity index (χ3v) is 7.86. The fourth-order valence-corrected chi connectivity index (χ4v) is 5.99. The van der Waals surface area contributed by atoms with Crippen LogP contribution in [0, 0.1) is 0 Å². The van der Waals surface area contributed by atoms with Crippen LogP contribution in [0.3, 0.4) is 0 Å². The fraction of sp³-hybridized carbons (Fsp3) is 0.300. The van der Waals surface area contributed by atoms with E-state index in [1.54, 1.807) is 30.3 Å². The second-order valence-corrected chi connectivity index (χ2v) is 9.58. The van der Waals surface area contributed by atoms with Crippen LogP contribution in [0.2, 0.25) is 0 Å². The molecule has 2 aliphatic heterocycles. The quantitative estimate of drug-likeness (QED) is 0.207. The van der Waals surface area contributed by atoms with Gasteiger partial charge in [0.15, 0.2) is 5.16 Å². The molecule has 2 aromatic rings. The van der Waals surface area contributed by atoms with Crippen molar-refractivity contribution in [2.45, 2.75) is 22.6 Å². The van der Waals surface area contributed by atoms with Crippen molar-refractivity contribution in [3.63, 3.8) is 0 Å². The van der Waals surface area contributed by atoms with Crippen LogP contribution >= 0.6 is 23.5 Å². The summed E-state index contributed by atoms with van der Waals surface area (Å²) in [5.74, 6) is -1.93. The number of carbonyl (C=O) groups excluding carboxylic acids is 2. The minimum Gasteiger partial charge on any atom is -0.477 e. The Balaban J connectivity index is 1.49. The maximum absolute atomic E-state index is 12.8. The van der Waals surface area contributed by atoms with E-state index in [2.05, 4.69) is 15.5 Å². The highest BCUT2D eigenvalue weighted by Gasteiger charge is 2.54. The summed E-state index contributed by atoms with van der Waals surface area (Å²) in [7, 11) is 1.39. The number of hydrogen-bond donors (Lipinski definition) is 4. The number of carboxylic acid groups (broad SMARTS) is 1. The van der Waals surface area contributed by atoms with E-state index in [1.807, 2.05) is 0 Å². The van der Waals surface area contributed by atoms with Crippen LogP contribution in [-0.2, 0) is 21.4 Å². The average Bonchev–Trinajstić information content (AvgIpc) is 2.84. The predicted molar refractivity (Wildman–Crippen MR) is 124 cm³/mol. The van der Waals surface area contributed by atoms with E-state index in [0.29, 0.717) is 11.1 Å². The highest BCUT2D eigenvalue weighted by Crippen LogP contribution is 2.41. The monoisotopic (exact) mass is 504 g/mol. The number of aliphatic carboxylic acids is 1. The molecule has 5 N–H and O–H groups in total. The van der Waals surface area contributed by atoms with Crippen molar-refractivity contribution in [2.75, 3.05) is 11.5 Å². The van der Waals surface area contributed by atoms with Gasteiger partial charge in [0.25, 0.3) is 5.91 Å². The first-order chi connectivity index (χ1) is 16.2. The molecule has 2 amide bonds. The van der Waals surface area contributed by atoms with Crippen molar-refractivity contribution < 1.29 is 19.5 Å². The summed E-state index contributed by atoms with van der Waals surface area (Å²) in [6.07, 6.45) is 0. The summed E-state index contributed by atoms with van der Waals surface area (Å²) >= 11 is 2.38. The molecule has 1 saturated heterocycles. The van der Waals surface area contributed by atoms with Crippen molar-refractivity contribution in [3.8, 4) is 0 Å². The fourth-order valence-electron chi connectivity index (χ4n) is 3.59. The number of β-lactam (4-membered cyclic amide) rings is 1. The lowest BCUT2D eigenvalue weighted by Crippen LogP contribution is -2.71. The molecule has 0 radical (unpaired) electrons. The number of thioether (sulfide) groups is 2. The Morgan fingerprint density at radius 3 is 2.71 bits per heavy atom. The van der Waals surface area contributed by atoms with Gasteiger partial charge in [-0.1, -0.05) is 42.1 Å². The number of rotatable bonds is 7. The van der Waals surface area contributed by atoms with E-state index in [9.17, 15) is 29.1 Å². The molecule has 1 aromatic heterocycles. The number of nitrogens with zero attached hydrogens (tertiary/aromatic N) is 3. The van der Waals surface area contributed by atoms with Crippen molar-refractivity contribution >= 4 is 41.3 Å². The van der Waals surface area contributed by atoms with Crippen molar-refractivity contribution in [2.24, 2.45) is 12.8 Å². The zero-order valence-corrected chi connectivity index (χ0v) is 19.4. The number of aromatic amines is 1. The lowest BCUT2D eigenvalue weighted by molar-refractivity contribution is -0.150. The van der Waals surface area contributed by atoms with Crippen LogP contribution in [0.4, 0.5) is 0 Å². The Hall–Kier alpha value is -3.36. The van der Waals surface area contributed by atoms with E-state index < -0.39 is 46.4 Å². The normalized spacial score (nSPS) is 20.4. The van der Waals surface area contributed by atoms with E-state index in [4.69, 9.17) is 5.73 Å². The van der Waals surface area contributed by atoms with Gasteiger partial charge in [0.2, 0.25) is 5.91 Å². The van der Waals surface area contributed by atoms with Gasteiger partial charge in [-0.3, -0.25) is 28.6 Å². The molecule has 12 nitrogen and oxygen atoms in total. The molecule has 1 fully saturated rings. The number of aromatic nitrogens is 3. The average molecular weight is 505 g/mol. The van der Waals surface area contributed by atoms with Crippen molar-refractivity contribution in [1.82, 2.24) is 25.0 Å². The zero-order chi connectivity index (χ0) is 24.6. The Kier molecular flexibility index (Phi) is 6.63. The molecule has 14 heteroatoms. The van der Waals surface area contributed by atoms with Crippen molar-refractivity contribution in [1.29, 1.82) is 0 Å². The molecular formula is C20H20N6O6S2. The van der Waals surface area contributed by atoms with Crippen LogP contribution in [0.15, 0.2) is 56.3 Å². The molecule has 178 valence electrons. The number of fused-ring (bicyclic) bond motifs is 1. The molecule has 0 saturated carbocycles. The number of nitrogens with two attached hydrogens (primary N) is 1. The van der Waals surface area contributed by atoms with Gasteiger partial charge in [0.1, 0.15) is 23.2 Å². The molecule has 3 atom stereocenters. The second kappa shape index (κ2) is 9.48. The van der Waals surface area contributed by atoms with E-state index in [1.165, 1.54) is 18.8 Å². The smallest absolute Gasteiger partial charge is 0.352 e. The van der Waals surface area contributed by atoms with Gasteiger partial charge in [-0.15, -0.1) is 16.9 Å². The molecule has 34 heavy (non-hydrogen) atoms. The van der Waals surface area contributed by atoms with E-state index in [-0.39, 0.29) is 22.4 Å². The van der Waals surface area contributed by atoms with Gasteiger partial charge in [-0.05, 0) is 11.1 Å². The molecule has 0 aliphatic carbocycles. The minimum absolute atomic E-state index is 0.132. The number of hydrogen-bond acceptors (Lipinski definition) is 9. The number of amides is 2. The maximum atomic E-state index is 12.8. The topological polar surface area (TPSA) is 180 Å². The largest absolute Gasteiger partial charge is 0.477 e. The van der Waals surface area contributed by atoms with Crippen molar-refractivity contribution in [3.05, 3.63) is 67.9 Å². The molecule has 2 aliphatic rings. The van der Waals surface area contributed by atoms with Gasteiger partial charge in [-0.25, -0.2) is 9.89 Å². The lowest BCUT2D eigenvalue weighted by atomic mass is 10.0. The van der Waals surface area contributed by atoms with Crippen LogP contribution in [0.25, 0.3) is 0 Å². The summed E-state index contributed by atoms with van der Waals surface area (Å²) in [5.41, 5.74) is 5.25. The third kappa shape index (κ3) is 4.26. The highest BCUT2D eigenvalue weighted by molar-refractivity contribution is 8.01. The molecule has 0 bridgehead atoms. The van der Waals surface area contributed by atoms with Gasteiger partial charge < -0.3 is 16.2 Å². The number of carboxylic acids is 1. The van der Waals surface area contributed by atoms with Gasteiger partial charge in [0.05, 0.1) is 0 Å². The number of H-pyrrole nitrogens is 1. The Morgan fingerprint density at radius 1 is 1.32 bits per heavy atom. The number of nitrogens with one attached hydrogen (secondary N) is 2.